The molecule has 0 unspecified atom stereocenters. The predicted molar refractivity (Wildman–Crippen MR) is 180 cm³/mol. The summed E-state index contributed by atoms with van der Waals surface area (Å²) in [5, 5.41) is 2.54. The molecule has 1 heterocycles. The molecule has 0 radical (unpaired) electrons. The van der Waals surface area contributed by atoms with Gasteiger partial charge in [-0.15, -0.1) is 5.54 Å². The lowest BCUT2D eigenvalue weighted by Crippen LogP contribution is -2.66. The van der Waals surface area contributed by atoms with Crippen LogP contribution in [-0.4, -0.2) is 35.4 Å². The van der Waals surface area contributed by atoms with Gasteiger partial charge in [0.2, 0.25) is 0 Å². The lowest BCUT2D eigenvalue weighted by molar-refractivity contribution is -0.176. The van der Waals surface area contributed by atoms with E-state index in [-0.39, 0.29) is 17.1 Å². The second kappa shape index (κ2) is 13.9. The van der Waals surface area contributed by atoms with Gasteiger partial charge in [0, 0.05) is 12.5 Å². The first-order valence-electron chi connectivity index (χ1n) is 15.6. The first-order valence-corrected chi connectivity index (χ1v) is 19.7. The van der Waals surface area contributed by atoms with Gasteiger partial charge in [-0.2, -0.15) is 0 Å². The average molecular weight is 591 g/mol. The van der Waals surface area contributed by atoms with Gasteiger partial charge in [0.25, 0.3) is 14.6 Å². The highest BCUT2D eigenvalue weighted by atomic mass is 28.4. The Labute approximate surface area is 253 Å². The number of rotatable bonds is 9. The summed E-state index contributed by atoms with van der Waals surface area (Å²) in [4.78, 5) is 0. The molecule has 1 aliphatic heterocycles. The molecule has 3 atom stereocenters. The van der Waals surface area contributed by atoms with Crippen molar-refractivity contribution in [2.75, 3.05) is 6.61 Å². The molecule has 0 bridgehead atoms. The van der Waals surface area contributed by atoms with Crippen molar-refractivity contribution in [3.63, 3.8) is 0 Å². The predicted octanol–water partition coefficient (Wildman–Crippen LogP) is 8.46. The molecule has 0 spiro atoms. The van der Waals surface area contributed by atoms with Gasteiger partial charge in [-0.3, -0.25) is 0 Å². The van der Waals surface area contributed by atoms with E-state index < -0.39 is 22.7 Å². The SMILES string of the molecule is C/C=C1\O[C@H](C#C[Si](C(C)C)(C(C)C)C(C)C)O[C@H](CCO[Si](c2ccccc2)(c2ccccc2)C(C)(C)C)[C@@H]1C. The smallest absolute Gasteiger partial charge is 0.263 e. The minimum absolute atomic E-state index is 0.0271. The molecule has 0 aromatic heterocycles. The molecule has 2 aromatic carbocycles. The lowest BCUT2D eigenvalue weighted by atomic mass is 9.98. The Kier molecular flexibility index (Phi) is 11.3. The normalized spacial score (nSPS) is 21.2. The van der Waals surface area contributed by atoms with Gasteiger partial charge in [-0.05, 0) is 57.4 Å². The highest BCUT2D eigenvalue weighted by Crippen LogP contribution is 2.41. The first-order chi connectivity index (χ1) is 19.3. The maximum atomic E-state index is 7.20. The van der Waals surface area contributed by atoms with Gasteiger partial charge in [-0.1, -0.05) is 130 Å². The Bertz CT molecular complexity index is 1120. The van der Waals surface area contributed by atoms with Gasteiger partial charge in [0.05, 0.1) is 6.10 Å². The van der Waals surface area contributed by atoms with Crippen LogP contribution in [0.1, 0.15) is 82.6 Å². The van der Waals surface area contributed by atoms with E-state index in [1.807, 2.05) is 6.92 Å². The summed E-state index contributed by atoms with van der Waals surface area (Å²) < 4.78 is 20.1. The molecule has 0 saturated carbocycles. The standard InChI is InChI=1S/C36H54O3Si2/c1-12-33-30(8)34(39-35(38-33)24-26-40(27(2)3,28(4)5)29(6)7)23-25-37-41(36(9,10)11,31-19-15-13-16-20-31)32-21-17-14-18-22-32/h12-22,27-30,34-35H,23,25H2,1-11H3/b33-12-/t30-,34-,35+/m1/s1. The van der Waals surface area contributed by atoms with Crippen molar-refractivity contribution in [3.8, 4) is 11.5 Å². The van der Waals surface area contributed by atoms with Gasteiger partial charge < -0.3 is 13.9 Å². The monoisotopic (exact) mass is 590 g/mol. The summed E-state index contributed by atoms with van der Waals surface area (Å²) in [6, 6.07) is 21.7. The van der Waals surface area contributed by atoms with Crippen LogP contribution in [0.4, 0.5) is 0 Å². The summed E-state index contributed by atoms with van der Waals surface area (Å²) in [6.45, 7) is 25.9. The minimum Gasteiger partial charge on any atom is -0.458 e. The molecule has 41 heavy (non-hydrogen) atoms. The third kappa shape index (κ3) is 6.94. The van der Waals surface area contributed by atoms with E-state index in [2.05, 4.69) is 147 Å². The van der Waals surface area contributed by atoms with Crippen molar-refractivity contribution < 1.29 is 13.9 Å². The zero-order chi connectivity index (χ0) is 30.4. The van der Waals surface area contributed by atoms with E-state index in [0.29, 0.717) is 23.2 Å². The molecule has 1 aliphatic rings. The number of hydrogen-bond donors (Lipinski definition) is 0. The number of hydrogen-bond acceptors (Lipinski definition) is 3. The minimum atomic E-state index is -2.60. The third-order valence-corrected chi connectivity index (χ3v) is 20.6. The van der Waals surface area contributed by atoms with Crippen LogP contribution in [0.5, 0.6) is 0 Å². The quantitative estimate of drug-likeness (QED) is 0.217. The molecule has 0 amide bonds. The molecule has 0 N–H and O–H groups in total. The lowest BCUT2D eigenvalue weighted by Gasteiger charge is -2.43. The largest absolute Gasteiger partial charge is 0.458 e. The third-order valence-electron chi connectivity index (χ3n) is 9.24. The van der Waals surface area contributed by atoms with E-state index in [4.69, 9.17) is 13.9 Å². The zero-order valence-corrected chi connectivity index (χ0v) is 29.5. The first kappa shape index (κ1) is 33.4. The van der Waals surface area contributed by atoms with Gasteiger partial charge >= 0.3 is 0 Å². The maximum Gasteiger partial charge on any atom is 0.263 e. The fourth-order valence-corrected chi connectivity index (χ4v) is 17.0. The van der Waals surface area contributed by atoms with Gasteiger partial charge in [0.1, 0.15) is 13.8 Å². The second-order valence-electron chi connectivity index (χ2n) is 13.6. The molecular formula is C36H54O3Si2. The van der Waals surface area contributed by atoms with E-state index in [1.54, 1.807) is 0 Å². The van der Waals surface area contributed by atoms with E-state index in [1.165, 1.54) is 10.4 Å². The van der Waals surface area contributed by atoms with Crippen LogP contribution in [0.2, 0.25) is 21.7 Å². The summed E-state index contributed by atoms with van der Waals surface area (Å²) in [6.07, 6.45) is 2.29. The molecule has 3 nitrogen and oxygen atoms in total. The van der Waals surface area contributed by atoms with Crippen LogP contribution in [0.25, 0.3) is 0 Å². The Morgan fingerprint density at radius 2 is 1.34 bits per heavy atom. The molecule has 3 rings (SSSR count). The Morgan fingerprint density at radius 3 is 1.76 bits per heavy atom. The Balaban J connectivity index is 1.91. The molecule has 2 aromatic rings. The van der Waals surface area contributed by atoms with E-state index >= 15 is 0 Å². The van der Waals surface area contributed by atoms with Crippen molar-refractivity contribution in [2.24, 2.45) is 5.92 Å². The van der Waals surface area contributed by atoms with Gasteiger partial charge in [-0.25, -0.2) is 0 Å². The fourth-order valence-electron chi connectivity index (χ4n) is 7.14. The summed E-state index contributed by atoms with van der Waals surface area (Å²) in [5.41, 5.74) is 5.50. The highest BCUT2D eigenvalue weighted by molar-refractivity contribution is 6.99. The molecular weight excluding hydrogens is 537 g/mol. The number of allylic oxidation sites excluding steroid dienone is 1. The number of benzene rings is 2. The van der Waals surface area contributed by atoms with Crippen LogP contribution in [-0.2, 0) is 13.9 Å². The molecule has 1 saturated heterocycles. The topological polar surface area (TPSA) is 27.7 Å². The summed E-state index contributed by atoms with van der Waals surface area (Å²) >= 11 is 0. The van der Waals surface area contributed by atoms with E-state index in [9.17, 15) is 0 Å². The Morgan fingerprint density at radius 1 is 0.854 bits per heavy atom. The van der Waals surface area contributed by atoms with Crippen LogP contribution in [0, 0.1) is 17.4 Å². The van der Waals surface area contributed by atoms with Crippen molar-refractivity contribution in [2.45, 2.75) is 117 Å². The highest BCUT2D eigenvalue weighted by Gasteiger charge is 2.50. The maximum absolute atomic E-state index is 7.20. The zero-order valence-electron chi connectivity index (χ0n) is 27.5. The summed E-state index contributed by atoms with van der Waals surface area (Å²) in [7, 11) is -4.49. The molecule has 224 valence electrons. The number of ether oxygens (including phenoxy) is 2. The van der Waals surface area contributed by atoms with Crippen LogP contribution in [0.15, 0.2) is 72.5 Å². The van der Waals surface area contributed by atoms with E-state index in [0.717, 1.165) is 12.2 Å². The van der Waals surface area contributed by atoms with Crippen molar-refractivity contribution in [3.05, 3.63) is 72.5 Å². The van der Waals surface area contributed by atoms with Crippen molar-refractivity contribution in [1.29, 1.82) is 0 Å². The summed E-state index contributed by atoms with van der Waals surface area (Å²) in [5.74, 6) is 4.61. The fraction of sp³-hybridized carbons (Fsp3) is 0.556. The molecule has 1 fully saturated rings. The van der Waals surface area contributed by atoms with Gasteiger partial charge in [0.15, 0.2) is 0 Å². The van der Waals surface area contributed by atoms with Crippen LogP contribution in [0.3, 0.4) is 0 Å². The van der Waals surface area contributed by atoms with Crippen LogP contribution < -0.4 is 10.4 Å². The Hall–Kier alpha value is -2.11. The average Bonchev–Trinajstić information content (AvgIpc) is 2.92. The molecule has 0 aliphatic carbocycles. The van der Waals surface area contributed by atoms with Crippen molar-refractivity contribution in [1.82, 2.24) is 0 Å². The molecule has 5 heteroatoms. The van der Waals surface area contributed by atoms with Crippen molar-refractivity contribution >= 4 is 26.8 Å². The second-order valence-corrected chi connectivity index (χ2v) is 23.5. The van der Waals surface area contributed by atoms with Crippen LogP contribution >= 0.6 is 0 Å².